The largest absolute Gasteiger partial charge is 0.342 e. The van der Waals surface area contributed by atoms with Crippen LogP contribution in [0.3, 0.4) is 0 Å². The van der Waals surface area contributed by atoms with Crippen molar-refractivity contribution in [2.45, 2.75) is 6.42 Å². The summed E-state index contributed by atoms with van der Waals surface area (Å²) in [7, 11) is 3.51. The molecule has 0 unspecified atom stereocenters. The Morgan fingerprint density at radius 1 is 1.62 bits per heavy atom. The lowest BCUT2D eigenvalue weighted by Crippen LogP contribution is -2.30. The van der Waals surface area contributed by atoms with Gasteiger partial charge in [-0.05, 0) is 32.1 Å². The van der Waals surface area contributed by atoms with Gasteiger partial charge in [0.15, 0.2) is 0 Å². The molecule has 16 heavy (non-hydrogen) atoms. The van der Waals surface area contributed by atoms with E-state index in [4.69, 9.17) is 0 Å². The zero-order chi connectivity index (χ0) is 12.0. The van der Waals surface area contributed by atoms with Gasteiger partial charge in [-0.1, -0.05) is 0 Å². The van der Waals surface area contributed by atoms with E-state index in [0.717, 1.165) is 13.0 Å². The molecule has 1 N–H and O–H groups in total. The van der Waals surface area contributed by atoms with E-state index >= 15 is 0 Å². The number of carbonyl (C=O) groups is 1. The summed E-state index contributed by atoms with van der Waals surface area (Å²) in [4.78, 5) is 16.7. The molecule has 0 bridgehead atoms. The molecule has 1 amide bonds. The smallest absolute Gasteiger partial charge is 0.258 e. The van der Waals surface area contributed by atoms with Crippen LogP contribution in [0.2, 0.25) is 0 Å². The number of hydrogen-bond acceptors (Lipinski definition) is 3. The Balaban J connectivity index is 2.60. The van der Waals surface area contributed by atoms with Gasteiger partial charge in [-0.25, -0.2) is 4.98 Å². The number of hydrogen-bond donors (Lipinski definition) is 1. The number of aromatic nitrogens is 1. The lowest BCUT2D eigenvalue weighted by molar-refractivity contribution is 0.0788. The van der Waals surface area contributed by atoms with Crippen LogP contribution in [-0.4, -0.2) is 43.0 Å². The summed E-state index contributed by atoms with van der Waals surface area (Å²) < 4.78 is 13.2. The van der Waals surface area contributed by atoms with Crippen molar-refractivity contribution < 1.29 is 9.18 Å². The molecule has 0 aliphatic rings. The van der Waals surface area contributed by atoms with Crippen molar-refractivity contribution in [3.63, 3.8) is 0 Å². The highest BCUT2D eigenvalue weighted by atomic mass is 19.1. The van der Waals surface area contributed by atoms with Crippen LogP contribution in [0.1, 0.15) is 16.8 Å². The Hall–Kier alpha value is -1.49. The number of amides is 1. The Morgan fingerprint density at radius 2 is 2.38 bits per heavy atom. The number of pyridine rings is 1. The minimum Gasteiger partial charge on any atom is -0.342 e. The molecule has 0 saturated heterocycles. The number of halogens is 1. The molecule has 0 aliphatic carbocycles. The first-order chi connectivity index (χ1) is 7.66. The van der Waals surface area contributed by atoms with Crippen molar-refractivity contribution in [2.75, 3.05) is 27.2 Å². The predicted octanol–water partition coefficient (Wildman–Crippen LogP) is 0.902. The first-order valence-electron chi connectivity index (χ1n) is 5.17. The van der Waals surface area contributed by atoms with E-state index in [9.17, 15) is 9.18 Å². The predicted molar refractivity (Wildman–Crippen MR) is 59.7 cm³/mol. The highest BCUT2D eigenvalue weighted by Crippen LogP contribution is 2.06. The third-order valence-electron chi connectivity index (χ3n) is 2.26. The van der Waals surface area contributed by atoms with Gasteiger partial charge in [0, 0.05) is 19.8 Å². The maximum absolute atomic E-state index is 13.2. The SMILES string of the molecule is CNCCCN(C)C(=O)c1cccnc1F. The summed E-state index contributed by atoms with van der Waals surface area (Å²) in [6.45, 7) is 1.42. The van der Waals surface area contributed by atoms with E-state index in [1.807, 2.05) is 7.05 Å². The van der Waals surface area contributed by atoms with E-state index in [1.54, 1.807) is 13.1 Å². The maximum atomic E-state index is 13.2. The van der Waals surface area contributed by atoms with E-state index in [-0.39, 0.29) is 11.5 Å². The monoisotopic (exact) mass is 225 g/mol. The first-order valence-corrected chi connectivity index (χ1v) is 5.17. The minimum atomic E-state index is -0.715. The second kappa shape index (κ2) is 6.17. The molecule has 0 spiro atoms. The normalized spacial score (nSPS) is 10.2. The molecule has 0 fully saturated rings. The second-order valence-corrected chi connectivity index (χ2v) is 3.53. The van der Waals surface area contributed by atoms with Gasteiger partial charge in [-0.2, -0.15) is 4.39 Å². The fraction of sp³-hybridized carbons (Fsp3) is 0.455. The molecule has 1 rings (SSSR count). The molecule has 0 saturated carbocycles. The van der Waals surface area contributed by atoms with E-state index < -0.39 is 5.95 Å². The summed E-state index contributed by atoms with van der Waals surface area (Å²) in [5.41, 5.74) is 0.0226. The lowest BCUT2D eigenvalue weighted by atomic mass is 10.2. The van der Waals surface area contributed by atoms with Gasteiger partial charge in [0.05, 0.1) is 5.56 Å². The first kappa shape index (κ1) is 12.6. The Kier molecular flexibility index (Phi) is 4.85. The molecular weight excluding hydrogens is 209 g/mol. The molecule has 5 heteroatoms. The Bertz CT molecular complexity index is 357. The molecule has 88 valence electrons. The summed E-state index contributed by atoms with van der Waals surface area (Å²) in [6.07, 6.45) is 2.16. The Morgan fingerprint density at radius 3 is 3.00 bits per heavy atom. The third-order valence-corrected chi connectivity index (χ3v) is 2.26. The molecule has 0 radical (unpaired) electrons. The number of carbonyl (C=O) groups excluding carboxylic acids is 1. The van der Waals surface area contributed by atoms with Crippen LogP contribution in [0, 0.1) is 5.95 Å². The van der Waals surface area contributed by atoms with Crippen LogP contribution in [0.5, 0.6) is 0 Å². The van der Waals surface area contributed by atoms with Crippen LogP contribution in [-0.2, 0) is 0 Å². The van der Waals surface area contributed by atoms with Gasteiger partial charge in [-0.3, -0.25) is 4.79 Å². The molecule has 1 aromatic heterocycles. The summed E-state index contributed by atoms with van der Waals surface area (Å²) in [6, 6.07) is 3.00. The van der Waals surface area contributed by atoms with Crippen molar-refractivity contribution in [1.29, 1.82) is 0 Å². The molecule has 0 atom stereocenters. The topological polar surface area (TPSA) is 45.2 Å². The van der Waals surface area contributed by atoms with Crippen LogP contribution in [0.25, 0.3) is 0 Å². The fourth-order valence-corrected chi connectivity index (χ4v) is 1.35. The van der Waals surface area contributed by atoms with Crippen molar-refractivity contribution in [1.82, 2.24) is 15.2 Å². The second-order valence-electron chi connectivity index (χ2n) is 3.53. The summed E-state index contributed by atoms with van der Waals surface area (Å²) >= 11 is 0. The van der Waals surface area contributed by atoms with Crippen LogP contribution in [0.4, 0.5) is 4.39 Å². The van der Waals surface area contributed by atoms with Crippen molar-refractivity contribution >= 4 is 5.91 Å². The van der Waals surface area contributed by atoms with E-state index in [1.165, 1.54) is 17.2 Å². The average Bonchev–Trinajstić information content (AvgIpc) is 2.29. The minimum absolute atomic E-state index is 0.0226. The molecule has 0 aromatic carbocycles. The van der Waals surface area contributed by atoms with Crippen LogP contribution in [0.15, 0.2) is 18.3 Å². The third kappa shape index (κ3) is 3.27. The highest BCUT2D eigenvalue weighted by Gasteiger charge is 2.15. The lowest BCUT2D eigenvalue weighted by Gasteiger charge is -2.16. The zero-order valence-corrected chi connectivity index (χ0v) is 9.53. The van der Waals surface area contributed by atoms with Gasteiger partial charge in [0.2, 0.25) is 5.95 Å². The fourth-order valence-electron chi connectivity index (χ4n) is 1.35. The molecule has 1 heterocycles. The van der Waals surface area contributed by atoms with E-state index in [2.05, 4.69) is 10.3 Å². The van der Waals surface area contributed by atoms with Gasteiger partial charge in [0.25, 0.3) is 5.91 Å². The van der Waals surface area contributed by atoms with Gasteiger partial charge in [0.1, 0.15) is 0 Å². The van der Waals surface area contributed by atoms with Crippen molar-refractivity contribution in [2.24, 2.45) is 0 Å². The zero-order valence-electron chi connectivity index (χ0n) is 9.53. The number of nitrogens with zero attached hydrogens (tertiary/aromatic N) is 2. The van der Waals surface area contributed by atoms with Gasteiger partial charge < -0.3 is 10.2 Å². The average molecular weight is 225 g/mol. The highest BCUT2D eigenvalue weighted by molar-refractivity contribution is 5.93. The van der Waals surface area contributed by atoms with Crippen LogP contribution >= 0.6 is 0 Å². The maximum Gasteiger partial charge on any atom is 0.258 e. The van der Waals surface area contributed by atoms with Gasteiger partial charge >= 0.3 is 0 Å². The molecule has 0 aliphatic heterocycles. The number of nitrogens with one attached hydrogen (secondary N) is 1. The van der Waals surface area contributed by atoms with Crippen molar-refractivity contribution in [3.05, 3.63) is 29.8 Å². The van der Waals surface area contributed by atoms with Crippen molar-refractivity contribution in [3.8, 4) is 0 Å². The number of rotatable bonds is 5. The van der Waals surface area contributed by atoms with Gasteiger partial charge in [-0.15, -0.1) is 0 Å². The summed E-state index contributed by atoms with van der Waals surface area (Å²) in [5, 5.41) is 2.99. The summed E-state index contributed by atoms with van der Waals surface area (Å²) in [5.74, 6) is -1.05. The molecule has 1 aromatic rings. The van der Waals surface area contributed by atoms with Crippen LogP contribution < -0.4 is 5.32 Å². The Labute approximate surface area is 94.5 Å². The quantitative estimate of drug-likeness (QED) is 0.598. The van der Waals surface area contributed by atoms with E-state index in [0.29, 0.717) is 6.54 Å². The molecular formula is C11H16FN3O. The standard InChI is InChI=1S/C11H16FN3O/c1-13-6-4-8-15(2)11(16)9-5-3-7-14-10(9)12/h3,5,7,13H,4,6,8H2,1-2H3. The molecule has 4 nitrogen and oxygen atoms in total.